The first-order chi connectivity index (χ1) is 6.65. The summed E-state index contributed by atoms with van der Waals surface area (Å²) >= 11 is 11.7. The molecule has 0 fully saturated rings. The normalized spacial score (nSPS) is 13.4. The highest BCUT2D eigenvalue weighted by Gasteiger charge is 2.05. The van der Waals surface area contributed by atoms with E-state index in [0.717, 1.165) is 18.2 Å². The van der Waals surface area contributed by atoms with Crippen molar-refractivity contribution in [3.8, 4) is 0 Å². The fourth-order valence-corrected chi connectivity index (χ4v) is 1.53. The summed E-state index contributed by atoms with van der Waals surface area (Å²) < 4.78 is 0. The van der Waals surface area contributed by atoms with Crippen LogP contribution in [0, 0.1) is 0 Å². The second-order valence-corrected chi connectivity index (χ2v) is 4.01. The van der Waals surface area contributed by atoms with Crippen molar-refractivity contribution in [1.29, 1.82) is 0 Å². The van der Waals surface area contributed by atoms with Crippen molar-refractivity contribution in [3.63, 3.8) is 0 Å². The summed E-state index contributed by atoms with van der Waals surface area (Å²) in [5.74, 6) is 0.327. The minimum atomic E-state index is 0.327. The summed E-state index contributed by atoms with van der Waals surface area (Å²) in [6.07, 6.45) is 3.57. The van der Waals surface area contributed by atoms with Crippen LogP contribution in [0.4, 0.5) is 0 Å². The molecule has 0 saturated carbocycles. The maximum atomic E-state index is 8.53. The predicted molar refractivity (Wildman–Crippen MR) is 61.3 cm³/mol. The molecule has 1 aromatic rings. The quantitative estimate of drug-likeness (QED) is 0.756. The van der Waals surface area contributed by atoms with Gasteiger partial charge in [-0.1, -0.05) is 36.2 Å². The highest BCUT2D eigenvalue weighted by atomic mass is 35.5. The van der Waals surface area contributed by atoms with Gasteiger partial charge >= 0.3 is 0 Å². The molecule has 1 N–H and O–H groups in total. The fourth-order valence-electron chi connectivity index (χ4n) is 1.22. The van der Waals surface area contributed by atoms with Gasteiger partial charge in [-0.25, -0.2) is 0 Å². The van der Waals surface area contributed by atoms with Crippen LogP contribution >= 0.6 is 23.2 Å². The second kappa shape index (κ2) is 5.28. The molecule has 0 amide bonds. The highest BCUT2D eigenvalue weighted by Crippen LogP contribution is 2.27. The molecular weight excluding hydrogens is 219 g/mol. The molecule has 0 aliphatic carbocycles. The topological polar surface area (TPSA) is 20.2 Å². The zero-order chi connectivity index (χ0) is 10.6. The van der Waals surface area contributed by atoms with Gasteiger partial charge in [0.25, 0.3) is 0 Å². The Balaban J connectivity index is 2.80. The van der Waals surface area contributed by atoms with Crippen LogP contribution < -0.4 is 0 Å². The Morgan fingerprint density at radius 3 is 2.64 bits per heavy atom. The molecule has 76 valence electrons. The monoisotopic (exact) mass is 230 g/mol. The molecule has 1 atom stereocenters. The van der Waals surface area contributed by atoms with Crippen molar-refractivity contribution >= 4 is 23.2 Å². The largest absolute Gasteiger partial charge is 0.516 e. The van der Waals surface area contributed by atoms with Gasteiger partial charge in [0.05, 0.1) is 16.3 Å². The van der Waals surface area contributed by atoms with E-state index in [0.29, 0.717) is 16.0 Å². The Hall–Kier alpha value is -0.660. The summed E-state index contributed by atoms with van der Waals surface area (Å²) in [7, 11) is 0. The third-order valence-corrected chi connectivity index (χ3v) is 2.85. The number of aliphatic hydroxyl groups excluding tert-OH is 1. The average molecular weight is 231 g/mol. The molecule has 0 spiro atoms. The molecule has 0 aliphatic heterocycles. The average Bonchev–Trinajstić information content (AvgIpc) is 2.18. The zero-order valence-electron chi connectivity index (χ0n) is 7.87. The van der Waals surface area contributed by atoms with E-state index >= 15 is 0 Å². The number of aliphatic hydroxyl groups is 1. The Bertz CT molecular complexity index is 334. The molecule has 1 rings (SSSR count). The number of benzene rings is 1. The summed E-state index contributed by atoms with van der Waals surface area (Å²) in [6, 6.07) is 5.60. The van der Waals surface area contributed by atoms with E-state index in [4.69, 9.17) is 28.3 Å². The van der Waals surface area contributed by atoms with Crippen LogP contribution in [0.25, 0.3) is 0 Å². The van der Waals surface area contributed by atoms with Crippen molar-refractivity contribution < 1.29 is 5.11 Å². The van der Waals surface area contributed by atoms with Crippen LogP contribution in [0.15, 0.2) is 30.5 Å². The lowest BCUT2D eigenvalue weighted by Gasteiger charge is -2.09. The molecule has 0 heterocycles. The Kier molecular flexibility index (Phi) is 4.30. The van der Waals surface area contributed by atoms with Crippen molar-refractivity contribution in [3.05, 3.63) is 46.1 Å². The van der Waals surface area contributed by atoms with Gasteiger partial charge in [-0.15, -0.1) is 0 Å². The Morgan fingerprint density at radius 1 is 1.36 bits per heavy atom. The lowest BCUT2D eigenvalue weighted by atomic mass is 9.98. The van der Waals surface area contributed by atoms with E-state index in [1.165, 1.54) is 0 Å². The third-order valence-electron chi connectivity index (χ3n) is 2.11. The molecule has 0 aliphatic rings. The van der Waals surface area contributed by atoms with Crippen LogP contribution in [-0.2, 0) is 0 Å². The molecule has 0 radical (unpaired) electrons. The van der Waals surface area contributed by atoms with Crippen LogP contribution in [0.2, 0.25) is 10.0 Å². The zero-order valence-corrected chi connectivity index (χ0v) is 9.39. The van der Waals surface area contributed by atoms with Crippen molar-refractivity contribution in [2.24, 2.45) is 0 Å². The van der Waals surface area contributed by atoms with E-state index < -0.39 is 0 Å². The van der Waals surface area contributed by atoms with Crippen molar-refractivity contribution in [1.82, 2.24) is 0 Å². The molecule has 0 saturated heterocycles. The molecule has 14 heavy (non-hydrogen) atoms. The maximum absolute atomic E-state index is 8.53. The van der Waals surface area contributed by atoms with E-state index in [-0.39, 0.29) is 0 Å². The van der Waals surface area contributed by atoms with Gasteiger partial charge in [-0.2, -0.15) is 0 Å². The fraction of sp³-hybridized carbons (Fsp3) is 0.273. The van der Waals surface area contributed by atoms with Crippen LogP contribution in [-0.4, -0.2) is 5.11 Å². The summed E-state index contributed by atoms with van der Waals surface area (Å²) in [6.45, 7) is 2.07. The van der Waals surface area contributed by atoms with E-state index in [1.54, 1.807) is 12.1 Å². The van der Waals surface area contributed by atoms with Gasteiger partial charge in [0.1, 0.15) is 0 Å². The first-order valence-electron chi connectivity index (χ1n) is 4.39. The molecule has 1 aromatic carbocycles. The lowest BCUT2D eigenvalue weighted by molar-refractivity contribution is 0.469. The SMILES string of the molecule is CC(C/C=C/O)c1ccc(Cl)c(Cl)c1. The number of hydrogen-bond donors (Lipinski definition) is 1. The Morgan fingerprint density at radius 2 is 2.07 bits per heavy atom. The summed E-state index contributed by atoms with van der Waals surface area (Å²) in [4.78, 5) is 0. The number of hydrogen-bond acceptors (Lipinski definition) is 1. The van der Waals surface area contributed by atoms with Gasteiger partial charge in [0.2, 0.25) is 0 Å². The third kappa shape index (κ3) is 2.93. The molecule has 0 bridgehead atoms. The number of rotatable bonds is 3. The molecular formula is C11H12Cl2O. The van der Waals surface area contributed by atoms with Crippen LogP contribution in [0.3, 0.4) is 0 Å². The number of halogens is 2. The minimum absolute atomic E-state index is 0.327. The van der Waals surface area contributed by atoms with Crippen molar-refractivity contribution in [2.75, 3.05) is 0 Å². The number of allylic oxidation sites excluding steroid dienone is 1. The molecule has 3 heteroatoms. The van der Waals surface area contributed by atoms with Crippen LogP contribution in [0.5, 0.6) is 0 Å². The molecule has 0 aromatic heterocycles. The van der Waals surface area contributed by atoms with E-state index in [1.807, 2.05) is 12.1 Å². The smallest absolute Gasteiger partial charge is 0.0751 e. The standard InChI is InChI=1S/C11H12Cl2O/c1-8(3-2-6-14)9-4-5-10(12)11(13)7-9/h2,4-8,14H,3H2,1H3/b6-2+. The Labute approximate surface area is 94.0 Å². The van der Waals surface area contributed by atoms with Gasteiger partial charge in [0, 0.05) is 0 Å². The predicted octanol–water partition coefficient (Wildman–Crippen LogP) is 4.56. The van der Waals surface area contributed by atoms with Gasteiger partial charge in [-0.3, -0.25) is 0 Å². The van der Waals surface area contributed by atoms with Gasteiger partial charge < -0.3 is 5.11 Å². The summed E-state index contributed by atoms with van der Waals surface area (Å²) in [5, 5.41) is 9.68. The lowest BCUT2D eigenvalue weighted by Crippen LogP contribution is -1.91. The van der Waals surface area contributed by atoms with Gasteiger partial charge in [0.15, 0.2) is 0 Å². The van der Waals surface area contributed by atoms with Crippen LogP contribution in [0.1, 0.15) is 24.8 Å². The maximum Gasteiger partial charge on any atom is 0.0751 e. The summed E-state index contributed by atoms with van der Waals surface area (Å²) in [5.41, 5.74) is 1.12. The second-order valence-electron chi connectivity index (χ2n) is 3.20. The molecule has 1 unspecified atom stereocenters. The van der Waals surface area contributed by atoms with Crippen molar-refractivity contribution in [2.45, 2.75) is 19.3 Å². The van der Waals surface area contributed by atoms with Gasteiger partial charge in [-0.05, 0) is 36.1 Å². The van der Waals surface area contributed by atoms with E-state index in [9.17, 15) is 0 Å². The first-order valence-corrected chi connectivity index (χ1v) is 5.15. The minimum Gasteiger partial charge on any atom is -0.516 e. The van der Waals surface area contributed by atoms with E-state index in [2.05, 4.69) is 6.92 Å². The first kappa shape index (κ1) is 11.4. The molecule has 1 nitrogen and oxygen atoms in total. The highest BCUT2D eigenvalue weighted by molar-refractivity contribution is 6.42.